The molecule has 0 bridgehead atoms. The van der Waals surface area contributed by atoms with Gasteiger partial charge in [-0.15, -0.1) is 0 Å². The van der Waals surface area contributed by atoms with Crippen LogP contribution in [0.5, 0.6) is 0 Å². The summed E-state index contributed by atoms with van der Waals surface area (Å²) in [4.78, 5) is 14.2. The fourth-order valence-corrected chi connectivity index (χ4v) is 0.823. The number of carbonyl (C=O) groups excluding carboxylic acids is 1. The van der Waals surface area contributed by atoms with Crippen LogP contribution in [0.15, 0.2) is 12.3 Å². The molecule has 3 nitrogen and oxygen atoms in total. The Kier molecular flexibility index (Phi) is 3.51. The van der Waals surface area contributed by atoms with Gasteiger partial charge in [-0.05, 0) is 6.92 Å². The minimum atomic E-state index is -1.05. The summed E-state index contributed by atoms with van der Waals surface area (Å²) in [5.74, 6) is -2.48. The van der Waals surface area contributed by atoms with Crippen molar-refractivity contribution in [2.24, 2.45) is 0 Å². The summed E-state index contributed by atoms with van der Waals surface area (Å²) in [6, 6.07) is 0.822. The minimum absolute atomic E-state index is 0.0137. The number of nitrogens with zero attached hydrogens (tertiary/aromatic N) is 1. The van der Waals surface area contributed by atoms with Gasteiger partial charge in [-0.1, -0.05) is 15.9 Å². The van der Waals surface area contributed by atoms with E-state index in [-0.39, 0.29) is 11.7 Å². The standard InChI is InChI=1S/C8H7BrF2N2O/c1-4(9)8(14)13-7-2-5(10)6(11)3-12-7/h2-4H,1H3,(H,12,13,14). The van der Waals surface area contributed by atoms with Gasteiger partial charge in [0.2, 0.25) is 5.91 Å². The van der Waals surface area contributed by atoms with Crippen molar-refractivity contribution in [1.82, 2.24) is 4.98 Å². The number of pyridine rings is 1. The average Bonchev–Trinajstić information content (AvgIpc) is 2.11. The summed E-state index contributed by atoms with van der Waals surface area (Å²) in [6.07, 6.45) is 0.712. The average molecular weight is 265 g/mol. The van der Waals surface area contributed by atoms with E-state index in [9.17, 15) is 13.6 Å². The maximum absolute atomic E-state index is 12.7. The predicted octanol–water partition coefficient (Wildman–Crippen LogP) is 2.08. The predicted molar refractivity (Wildman–Crippen MR) is 51.2 cm³/mol. The first-order valence-corrected chi connectivity index (χ1v) is 4.68. The van der Waals surface area contributed by atoms with Crippen molar-refractivity contribution in [3.63, 3.8) is 0 Å². The Labute approximate surface area is 87.7 Å². The molecule has 1 amide bonds. The fraction of sp³-hybridized carbons (Fsp3) is 0.250. The number of carbonyl (C=O) groups is 1. The number of anilines is 1. The van der Waals surface area contributed by atoms with E-state index in [2.05, 4.69) is 26.2 Å². The molecule has 14 heavy (non-hydrogen) atoms. The first-order chi connectivity index (χ1) is 6.50. The molecule has 0 aliphatic rings. The number of halogens is 3. The molecule has 0 saturated heterocycles. The molecule has 0 aliphatic heterocycles. The smallest absolute Gasteiger partial charge is 0.239 e. The number of nitrogens with one attached hydrogen (secondary N) is 1. The summed E-state index contributed by atoms with van der Waals surface area (Å²) in [6.45, 7) is 1.61. The van der Waals surface area contributed by atoms with Crippen LogP contribution in [0.4, 0.5) is 14.6 Å². The van der Waals surface area contributed by atoms with E-state index >= 15 is 0 Å². The number of aromatic nitrogens is 1. The quantitative estimate of drug-likeness (QED) is 0.832. The molecule has 0 saturated carbocycles. The highest BCUT2D eigenvalue weighted by Gasteiger charge is 2.11. The third-order valence-electron chi connectivity index (χ3n) is 1.42. The normalized spacial score (nSPS) is 12.3. The van der Waals surface area contributed by atoms with Gasteiger partial charge < -0.3 is 5.32 Å². The summed E-state index contributed by atoms with van der Waals surface area (Å²) in [5.41, 5.74) is 0. The maximum Gasteiger partial charge on any atom is 0.239 e. The first kappa shape index (κ1) is 11.0. The second-order valence-electron chi connectivity index (χ2n) is 2.59. The summed E-state index contributed by atoms with van der Waals surface area (Å²) < 4.78 is 25.1. The highest BCUT2D eigenvalue weighted by Crippen LogP contribution is 2.10. The Morgan fingerprint density at radius 1 is 1.57 bits per heavy atom. The Morgan fingerprint density at radius 2 is 2.21 bits per heavy atom. The Balaban J connectivity index is 2.78. The van der Waals surface area contributed by atoms with Crippen molar-refractivity contribution in [2.75, 3.05) is 5.32 Å². The van der Waals surface area contributed by atoms with Crippen molar-refractivity contribution in [1.29, 1.82) is 0 Å². The van der Waals surface area contributed by atoms with E-state index in [1.54, 1.807) is 6.92 Å². The van der Waals surface area contributed by atoms with Gasteiger partial charge in [0.1, 0.15) is 5.82 Å². The molecular formula is C8H7BrF2N2O. The highest BCUT2D eigenvalue weighted by molar-refractivity contribution is 9.10. The van der Waals surface area contributed by atoms with Crippen LogP contribution in [0, 0.1) is 11.6 Å². The van der Waals surface area contributed by atoms with Crippen LogP contribution >= 0.6 is 15.9 Å². The number of amides is 1. The zero-order valence-electron chi connectivity index (χ0n) is 7.22. The van der Waals surface area contributed by atoms with Crippen LogP contribution < -0.4 is 5.32 Å². The topological polar surface area (TPSA) is 42.0 Å². The molecule has 1 heterocycles. The van der Waals surface area contributed by atoms with E-state index in [1.165, 1.54) is 0 Å². The molecule has 1 N–H and O–H groups in total. The van der Waals surface area contributed by atoms with Crippen molar-refractivity contribution in [2.45, 2.75) is 11.8 Å². The number of alkyl halides is 1. The first-order valence-electron chi connectivity index (χ1n) is 3.76. The van der Waals surface area contributed by atoms with Crippen LogP contribution in [-0.4, -0.2) is 15.7 Å². The zero-order valence-corrected chi connectivity index (χ0v) is 8.81. The molecule has 6 heteroatoms. The van der Waals surface area contributed by atoms with E-state index in [4.69, 9.17) is 0 Å². The van der Waals surface area contributed by atoms with Crippen molar-refractivity contribution in [3.05, 3.63) is 23.9 Å². The molecule has 1 rings (SSSR count). The van der Waals surface area contributed by atoms with Gasteiger partial charge in [0.15, 0.2) is 11.6 Å². The molecular weight excluding hydrogens is 258 g/mol. The minimum Gasteiger partial charge on any atom is -0.310 e. The molecule has 0 aliphatic carbocycles. The van der Waals surface area contributed by atoms with Crippen LogP contribution in [0.25, 0.3) is 0 Å². The summed E-state index contributed by atoms with van der Waals surface area (Å²) in [7, 11) is 0. The molecule has 0 fully saturated rings. The summed E-state index contributed by atoms with van der Waals surface area (Å²) in [5, 5.41) is 2.31. The molecule has 0 spiro atoms. The number of hydrogen-bond donors (Lipinski definition) is 1. The van der Waals surface area contributed by atoms with Gasteiger partial charge in [0.25, 0.3) is 0 Å². The lowest BCUT2D eigenvalue weighted by atomic mass is 10.4. The van der Waals surface area contributed by atoms with Gasteiger partial charge >= 0.3 is 0 Å². The third-order valence-corrected chi connectivity index (χ3v) is 1.84. The molecule has 1 atom stereocenters. The molecule has 1 unspecified atom stereocenters. The largest absolute Gasteiger partial charge is 0.310 e. The van der Waals surface area contributed by atoms with Crippen molar-refractivity contribution < 1.29 is 13.6 Å². The molecule has 76 valence electrons. The third kappa shape index (κ3) is 2.73. The van der Waals surface area contributed by atoms with Crippen molar-refractivity contribution in [3.8, 4) is 0 Å². The lowest BCUT2D eigenvalue weighted by Crippen LogP contribution is -2.20. The highest BCUT2D eigenvalue weighted by atomic mass is 79.9. The van der Waals surface area contributed by atoms with Crippen molar-refractivity contribution >= 4 is 27.7 Å². The molecule has 1 aromatic heterocycles. The van der Waals surface area contributed by atoms with E-state index in [0.717, 1.165) is 6.07 Å². The Morgan fingerprint density at radius 3 is 2.71 bits per heavy atom. The van der Waals surface area contributed by atoms with Crippen LogP contribution in [0.3, 0.4) is 0 Å². The van der Waals surface area contributed by atoms with Crippen LogP contribution in [-0.2, 0) is 4.79 Å². The van der Waals surface area contributed by atoms with Gasteiger partial charge in [0, 0.05) is 6.07 Å². The SMILES string of the molecule is CC(Br)C(=O)Nc1cc(F)c(F)cn1. The van der Waals surface area contributed by atoms with Gasteiger partial charge in [-0.2, -0.15) is 0 Å². The fourth-order valence-electron chi connectivity index (χ4n) is 0.708. The van der Waals surface area contributed by atoms with Crippen LogP contribution in [0.2, 0.25) is 0 Å². The Bertz CT molecular complexity index is 357. The summed E-state index contributed by atoms with van der Waals surface area (Å²) >= 11 is 3.02. The van der Waals surface area contributed by atoms with Gasteiger partial charge in [-0.3, -0.25) is 4.79 Å². The van der Waals surface area contributed by atoms with Gasteiger partial charge in [0.05, 0.1) is 11.0 Å². The lowest BCUT2D eigenvalue weighted by Gasteiger charge is -2.05. The molecule has 0 aromatic carbocycles. The number of rotatable bonds is 2. The Hall–Kier alpha value is -1.04. The number of hydrogen-bond acceptors (Lipinski definition) is 2. The maximum atomic E-state index is 12.7. The molecule has 0 radical (unpaired) electrons. The van der Waals surface area contributed by atoms with E-state index in [0.29, 0.717) is 6.20 Å². The van der Waals surface area contributed by atoms with E-state index < -0.39 is 16.5 Å². The second kappa shape index (κ2) is 4.45. The van der Waals surface area contributed by atoms with Crippen LogP contribution in [0.1, 0.15) is 6.92 Å². The zero-order chi connectivity index (χ0) is 10.7. The molecule has 1 aromatic rings. The van der Waals surface area contributed by atoms with E-state index in [1.807, 2.05) is 0 Å². The lowest BCUT2D eigenvalue weighted by molar-refractivity contribution is -0.115. The second-order valence-corrected chi connectivity index (χ2v) is 3.96. The monoisotopic (exact) mass is 264 g/mol. The van der Waals surface area contributed by atoms with Gasteiger partial charge in [-0.25, -0.2) is 13.8 Å².